The van der Waals surface area contributed by atoms with Crippen molar-refractivity contribution in [2.45, 2.75) is 20.4 Å². The second kappa shape index (κ2) is 7.39. The zero-order valence-corrected chi connectivity index (χ0v) is 15.4. The Balaban J connectivity index is 1.79. The molecule has 26 heavy (non-hydrogen) atoms. The van der Waals surface area contributed by atoms with Crippen LogP contribution >= 0.6 is 0 Å². The summed E-state index contributed by atoms with van der Waals surface area (Å²) < 4.78 is 7.17. The van der Waals surface area contributed by atoms with Crippen molar-refractivity contribution in [3.63, 3.8) is 0 Å². The number of aryl methyl sites for hydroxylation is 2. The summed E-state index contributed by atoms with van der Waals surface area (Å²) in [4.78, 5) is 22.9. The third-order valence-corrected chi connectivity index (χ3v) is 4.21. The molecule has 0 saturated heterocycles. The van der Waals surface area contributed by atoms with E-state index >= 15 is 0 Å². The molecule has 0 aliphatic rings. The maximum atomic E-state index is 12.8. The maximum absolute atomic E-state index is 12.8. The molecule has 0 radical (unpaired) electrons. The summed E-state index contributed by atoms with van der Waals surface area (Å²) in [5.41, 5.74) is 3.58. The fraction of sp³-hybridized carbons (Fsp3) is 0.250. The second-order valence-corrected chi connectivity index (χ2v) is 6.28. The summed E-state index contributed by atoms with van der Waals surface area (Å²) in [6.45, 7) is 4.52. The molecule has 0 fully saturated rings. The normalized spacial score (nSPS) is 10.6. The molecule has 6 nitrogen and oxygen atoms in total. The second-order valence-electron chi connectivity index (χ2n) is 6.28. The molecule has 0 unspecified atom stereocenters. The summed E-state index contributed by atoms with van der Waals surface area (Å²) in [6, 6.07) is 9.49. The van der Waals surface area contributed by atoms with Crippen molar-refractivity contribution >= 4 is 5.91 Å². The minimum absolute atomic E-state index is 0.127. The highest BCUT2D eigenvalue weighted by Crippen LogP contribution is 2.25. The van der Waals surface area contributed by atoms with Crippen LogP contribution in [-0.2, 0) is 6.54 Å². The Bertz CT molecular complexity index is 896. The number of pyridine rings is 1. The van der Waals surface area contributed by atoms with Gasteiger partial charge in [0, 0.05) is 26.0 Å². The van der Waals surface area contributed by atoms with Crippen LogP contribution < -0.4 is 4.74 Å². The van der Waals surface area contributed by atoms with Gasteiger partial charge in [-0.25, -0.2) is 9.97 Å². The topological polar surface area (TPSA) is 60.2 Å². The molecule has 3 aromatic rings. The molecule has 6 heteroatoms. The Morgan fingerprint density at radius 1 is 1.23 bits per heavy atom. The molecular formula is C20H22N4O2. The van der Waals surface area contributed by atoms with Crippen molar-refractivity contribution in [1.29, 1.82) is 0 Å². The first-order valence-electron chi connectivity index (χ1n) is 8.34. The molecule has 2 aromatic heterocycles. The van der Waals surface area contributed by atoms with Crippen LogP contribution in [0, 0.1) is 13.8 Å². The van der Waals surface area contributed by atoms with Gasteiger partial charge in [0.05, 0.1) is 7.11 Å². The van der Waals surface area contributed by atoms with Crippen molar-refractivity contribution in [2.24, 2.45) is 0 Å². The average molecular weight is 350 g/mol. The van der Waals surface area contributed by atoms with Gasteiger partial charge in [-0.05, 0) is 42.7 Å². The first-order valence-corrected chi connectivity index (χ1v) is 8.34. The molecule has 2 heterocycles. The molecule has 3 rings (SSSR count). The van der Waals surface area contributed by atoms with Gasteiger partial charge >= 0.3 is 0 Å². The fourth-order valence-corrected chi connectivity index (χ4v) is 3.08. The van der Waals surface area contributed by atoms with E-state index in [2.05, 4.69) is 9.97 Å². The molecular weight excluding hydrogens is 328 g/mol. The summed E-state index contributed by atoms with van der Waals surface area (Å²) in [6.07, 6.45) is 5.13. The van der Waals surface area contributed by atoms with Crippen molar-refractivity contribution in [3.05, 3.63) is 71.4 Å². The summed E-state index contributed by atoms with van der Waals surface area (Å²) in [5, 5.41) is 0. The Morgan fingerprint density at radius 3 is 2.58 bits per heavy atom. The lowest BCUT2D eigenvalue weighted by Crippen LogP contribution is -2.27. The summed E-state index contributed by atoms with van der Waals surface area (Å²) >= 11 is 0. The molecule has 0 saturated carbocycles. The van der Waals surface area contributed by atoms with Gasteiger partial charge in [-0.15, -0.1) is 0 Å². The van der Waals surface area contributed by atoms with Crippen molar-refractivity contribution < 1.29 is 9.53 Å². The Hall–Kier alpha value is -3.15. The zero-order chi connectivity index (χ0) is 18.7. The number of amides is 1. The van der Waals surface area contributed by atoms with Crippen LogP contribution in [0.25, 0.3) is 5.82 Å². The number of hydrogen-bond donors (Lipinski definition) is 0. The van der Waals surface area contributed by atoms with E-state index in [1.165, 1.54) is 0 Å². The third kappa shape index (κ3) is 3.59. The van der Waals surface area contributed by atoms with E-state index in [1.807, 2.05) is 38.1 Å². The largest absolute Gasteiger partial charge is 0.496 e. The van der Waals surface area contributed by atoms with Gasteiger partial charge in [-0.2, -0.15) is 0 Å². The number of methoxy groups -OCH3 is 1. The van der Waals surface area contributed by atoms with Crippen LogP contribution in [0.5, 0.6) is 5.75 Å². The molecule has 0 spiro atoms. The third-order valence-electron chi connectivity index (χ3n) is 4.21. The highest BCUT2D eigenvalue weighted by Gasteiger charge is 2.15. The highest BCUT2D eigenvalue weighted by atomic mass is 16.5. The molecule has 0 aliphatic carbocycles. The van der Waals surface area contributed by atoms with Crippen LogP contribution in [0.2, 0.25) is 0 Å². The first kappa shape index (κ1) is 17.7. The van der Waals surface area contributed by atoms with Crippen molar-refractivity contribution in [1.82, 2.24) is 19.4 Å². The van der Waals surface area contributed by atoms with Crippen LogP contribution in [0.4, 0.5) is 0 Å². The standard InChI is InChI=1S/C20H22N4O2/c1-14-10-16(11-15(2)19(14)26-4)12-23(3)20(25)17-6-5-7-18(22-17)24-9-8-21-13-24/h5-11,13H,12H2,1-4H3. The van der Waals surface area contributed by atoms with Crippen LogP contribution in [-0.4, -0.2) is 39.5 Å². The van der Waals surface area contributed by atoms with Gasteiger partial charge in [-0.3, -0.25) is 9.36 Å². The predicted octanol–water partition coefficient (Wildman–Crippen LogP) is 3.16. The molecule has 1 amide bonds. The number of carbonyl (C=O) groups is 1. The van der Waals surface area contributed by atoms with E-state index in [1.54, 1.807) is 48.4 Å². The molecule has 0 bridgehead atoms. The van der Waals surface area contributed by atoms with Gasteiger partial charge in [0.15, 0.2) is 0 Å². The molecule has 1 aromatic carbocycles. The van der Waals surface area contributed by atoms with Crippen LogP contribution in [0.15, 0.2) is 49.1 Å². The van der Waals surface area contributed by atoms with Crippen LogP contribution in [0.1, 0.15) is 27.2 Å². The van der Waals surface area contributed by atoms with Gasteiger partial charge in [0.25, 0.3) is 5.91 Å². The number of carbonyl (C=O) groups excluding carboxylic acids is 1. The minimum Gasteiger partial charge on any atom is -0.496 e. The number of aromatic nitrogens is 3. The van der Waals surface area contributed by atoms with Crippen molar-refractivity contribution in [3.8, 4) is 11.6 Å². The maximum Gasteiger partial charge on any atom is 0.272 e. The number of hydrogen-bond acceptors (Lipinski definition) is 4. The monoisotopic (exact) mass is 350 g/mol. The van der Waals surface area contributed by atoms with E-state index in [-0.39, 0.29) is 5.91 Å². The van der Waals surface area contributed by atoms with E-state index in [0.29, 0.717) is 18.1 Å². The quantitative estimate of drug-likeness (QED) is 0.709. The number of nitrogens with zero attached hydrogens (tertiary/aromatic N) is 4. The minimum atomic E-state index is -0.127. The average Bonchev–Trinajstić information content (AvgIpc) is 3.15. The Kier molecular flexibility index (Phi) is 5.02. The molecule has 134 valence electrons. The zero-order valence-electron chi connectivity index (χ0n) is 15.4. The van der Waals surface area contributed by atoms with Crippen LogP contribution in [0.3, 0.4) is 0 Å². The molecule has 0 aliphatic heterocycles. The van der Waals surface area contributed by atoms with Gasteiger partial charge < -0.3 is 9.64 Å². The lowest BCUT2D eigenvalue weighted by atomic mass is 10.1. The van der Waals surface area contributed by atoms with E-state index in [4.69, 9.17) is 4.74 Å². The summed E-state index contributed by atoms with van der Waals surface area (Å²) in [5.74, 6) is 1.42. The van der Waals surface area contributed by atoms with Gasteiger partial charge in [0.2, 0.25) is 0 Å². The van der Waals surface area contributed by atoms with Gasteiger partial charge in [-0.1, -0.05) is 18.2 Å². The predicted molar refractivity (Wildman–Crippen MR) is 99.6 cm³/mol. The number of ether oxygens (including phenoxy) is 1. The highest BCUT2D eigenvalue weighted by molar-refractivity contribution is 5.92. The first-order chi connectivity index (χ1) is 12.5. The van der Waals surface area contributed by atoms with Gasteiger partial charge in [0.1, 0.15) is 23.6 Å². The SMILES string of the molecule is COc1c(C)cc(CN(C)C(=O)c2cccc(-n3ccnc3)n2)cc1C. The summed E-state index contributed by atoms with van der Waals surface area (Å²) in [7, 11) is 3.45. The lowest BCUT2D eigenvalue weighted by molar-refractivity contribution is 0.0779. The lowest BCUT2D eigenvalue weighted by Gasteiger charge is -2.19. The fourth-order valence-electron chi connectivity index (χ4n) is 3.08. The Morgan fingerprint density at radius 2 is 1.96 bits per heavy atom. The number of imidazole rings is 1. The van der Waals surface area contributed by atoms with E-state index < -0.39 is 0 Å². The molecule has 0 atom stereocenters. The molecule has 0 N–H and O–H groups in total. The Labute approximate surface area is 153 Å². The smallest absolute Gasteiger partial charge is 0.272 e. The van der Waals surface area contributed by atoms with Crippen molar-refractivity contribution in [2.75, 3.05) is 14.2 Å². The van der Waals surface area contributed by atoms with E-state index in [0.717, 1.165) is 22.4 Å². The van der Waals surface area contributed by atoms with E-state index in [9.17, 15) is 4.79 Å². The number of rotatable bonds is 5. The number of benzene rings is 1.